The molecule has 3 unspecified atom stereocenters. The van der Waals surface area contributed by atoms with Crippen molar-refractivity contribution in [3.05, 3.63) is 41.6 Å². The van der Waals surface area contributed by atoms with Crippen LogP contribution in [0.15, 0.2) is 30.3 Å². The molecule has 1 aliphatic carbocycles. The van der Waals surface area contributed by atoms with Gasteiger partial charge in [0.15, 0.2) is 0 Å². The second-order valence-corrected chi connectivity index (χ2v) is 6.39. The molecule has 1 aliphatic rings. The fraction of sp³-hybridized carbons (Fsp3) is 0.500. The first-order valence-corrected chi connectivity index (χ1v) is 7.67. The van der Waals surface area contributed by atoms with E-state index in [1.165, 1.54) is 10.9 Å². The number of nitrogens with zero attached hydrogens (tertiary/aromatic N) is 1. The molecule has 20 heavy (non-hydrogen) atoms. The molecule has 2 heteroatoms. The van der Waals surface area contributed by atoms with Crippen molar-refractivity contribution in [2.75, 3.05) is 0 Å². The molecule has 0 aliphatic heterocycles. The number of hydrogen-bond donors (Lipinski definition) is 1. The minimum Gasteiger partial charge on any atom is -0.393 e. The summed E-state index contributed by atoms with van der Waals surface area (Å²) in [6.07, 6.45) is 4.08. The molecule has 0 spiro atoms. The molecule has 3 rings (SSSR count). The molecule has 1 saturated carbocycles. The molecular formula is C18H23NO. The monoisotopic (exact) mass is 269 g/mol. The van der Waals surface area contributed by atoms with Crippen LogP contribution >= 0.6 is 0 Å². The smallest absolute Gasteiger partial charge is 0.0707 e. The highest BCUT2D eigenvalue weighted by molar-refractivity contribution is 5.82. The Bertz CT molecular complexity index is 607. The lowest BCUT2D eigenvalue weighted by Gasteiger charge is -2.32. The highest BCUT2D eigenvalue weighted by atomic mass is 16.3. The second-order valence-electron chi connectivity index (χ2n) is 6.39. The first-order chi connectivity index (χ1) is 9.63. The Morgan fingerprint density at radius 1 is 1.25 bits per heavy atom. The normalized spacial score (nSPS) is 26.9. The van der Waals surface area contributed by atoms with Crippen LogP contribution in [0.2, 0.25) is 0 Å². The van der Waals surface area contributed by atoms with Crippen molar-refractivity contribution in [2.45, 2.75) is 45.6 Å². The number of aromatic nitrogens is 1. The van der Waals surface area contributed by atoms with Gasteiger partial charge in [0, 0.05) is 11.1 Å². The zero-order valence-electron chi connectivity index (χ0n) is 12.3. The molecule has 0 amide bonds. The van der Waals surface area contributed by atoms with E-state index in [0.717, 1.165) is 42.8 Å². The second kappa shape index (κ2) is 5.53. The van der Waals surface area contributed by atoms with Crippen molar-refractivity contribution in [3.63, 3.8) is 0 Å². The lowest BCUT2D eigenvalue weighted by molar-refractivity contribution is 0.0521. The lowest BCUT2D eigenvalue weighted by Crippen LogP contribution is -2.29. The number of pyridine rings is 1. The zero-order chi connectivity index (χ0) is 14.1. The molecule has 1 aromatic carbocycles. The largest absolute Gasteiger partial charge is 0.393 e. The average Bonchev–Trinajstić information content (AvgIpc) is 2.43. The van der Waals surface area contributed by atoms with Crippen molar-refractivity contribution in [2.24, 2.45) is 11.8 Å². The van der Waals surface area contributed by atoms with Gasteiger partial charge in [-0.05, 0) is 62.1 Å². The first kappa shape index (κ1) is 13.6. The summed E-state index contributed by atoms with van der Waals surface area (Å²) in [5, 5.41) is 11.5. The van der Waals surface area contributed by atoms with Gasteiger partial charge in [-0.25, -0.2) is 0 Å². The van der Waals surface area contributed by atoms with E-state index in [2.05, 4.69) is 43.1 Å². The fourth-order valence-corrected chi connectivity index (χ4v) is 3.55. The molecule has 0 bridgehead atoms. The molecule has 2 nitrogen and oxygen atoms in total. The third-order valence-corrected chi connectivity index (χ3v) is 4.62. The van der Waals surface area contributed by atoms with Crippen LogP contribution in [0.3, 0.4) is 0 Å². The van der Waals surface area contributed by atoms with Crippen molar-refractivity contribution in [3.8, 4) is 0 Å². The van der Waals surface area contributed by atoms with E-state index in [-0.39, 0.29) is 6.10 Å². The van der Waals surface area contributed by atoms with Gasteiger partial charge >= 0.3 is 0 Å². The van der Waals surface area contributed by atoms with Crippen LogP contribution in [0.4, 0.5) is 0 Å². The van der Waals surface area contributed by atoms with Crippen LogP contribution in [-0.2, 0) is 6.42 Å². The predicted molar refractivity (Wildman–Crippen MR) is 82.7 cm³/mol. The Balaban J connectivity index is 1.93. The quantitative estimate of drug-likeness (QED) is 0.897. The zero-order valence-corrected chi connectivity index (χ0v) is 12.3. The molecule has 1 aromatic heterocycles. The number of aliphatic hydroxyl groups is 1. The standard InChI is InChI=1S/C18H23NO/c1-12-7-8-18(20)15(9-12)11-14-10-13(2)19-17-6-4-3-5-16(14)17/h3-6,10,12,15,18,20H,7-9,11H2,1-2H3. The van der Waals surface area contributed by atoms with Gasteiger partial charge in [-0.2, -0.15) is 0 Å². The third-order valence-electron chi connectivity index (χ3n) is 4.62. The summed E-state index contributed by atoms with van der Waals surface area (Å²) in [6, 6.07) is 10.5. The predicted octanol–water partition coefficient (Wildman–Crippen LogP) is 3.88. The Hall–Kier alpha value is -1.41. The number of benzene rings is 1. The van der Waals surface area contributed by atoms with Crippen LogP contribution in [0, 0.1) is 18.8 Å². The van der Waals surface area contributed by atoms with E-state index in [1.807, 2.05) is 6.07 Å². The van der Waals surface area contributed by atoms with Crippen molar-refractivity contribution < 1.29 is 5.11 Å². The molecule has 0 saturated heterocycles. The van der Waals surface area contributed by atoms with E-state index < -0.39 is 0 Å². The minimum atomic E-state index is -0.140. The van der Waals surface area contributed by atoms with Gasteiger partial charge in [0.1, 0.15) is 0 Å². The Morgan fingerprint density at radius 3 is 2.90 bits per heavy atom. The van der Waals surface area contributed by atoms with Crippen molar-refractivity contribution in [1.82, 2.24) is 4.98 Å². The summed E-state index contributed by atoms with van der Waals surface area (Å²) < 4.78 is 0. The third kappa shape index (κ3) is 2.71. The number of fused-ring (bicyclic) bond motifs is 1. The van der Waals surface area contributed by atoms with Crippen LogP contribution in [0.1, 0.15) is 37.4 Å². The van der Waals surface area contributed by atoms with E-state index in [4.69, 9.17) is 0 Å². The van der Waals surface area contributed by atoms with Crippen molar-refractivity contribution >= 4 is 10.9 Å². The van der Waals surface area contributed by atoms with E-state index >= 15 is 0 Å². The highest BCUT2D eigenvalue weighted by Crippen LogP contribution is 2.33. The number of rotatable bonds is 2. The molecule has 3 atom stereocenters. The first-order valence-electron chi connectivity index (χ1n) is 7.67. The van der Waals surface area contributed by atoms with Crippen LogP contribution in [0.5, 0.6) is 0 Å². The summed E-state index contributed by atoms with van der Waals surface area (Å²) in [4.78, 5) is 4.60. The summed E-state index contributed by atoms with van der Waals surface area (Å²) in [5.74, 6) is 1.13. The number of hydrogen-bond acceptors (Lipinski definition) is 2. The SMILES string of the molecule is Cc1cc(CC2CC(C)CCC2O)c2ccccc2n1. The molecule has 1 fully saturated rings. The lowest BCUT2D eigenvalue weighted by atomic mass is 9.77. The maximum Gasteiger partial charge on any atom is 0.0707 e. The number of aliphatic hydroxyl groups excluding tert-OH is 1. The van der Waals surface area contributed by atoms with Gasteiger partial charge in [-0.15, -0.1) is 0 Å². The molecular weight excluding hydrogens is 246 g/mol. The molecule has 0 radical (unpaired) electrons. The molecule has 106 valence electrons. The summed E-state index contributed by atoms with van der Waals surface area (Å²) in [5.41, 5.74) is 3.48. The van der Waals surface area contributed by atoms with Gasteiger partial charge in [0.05, 0.1) is 11.6 Å². The fourth-order valence-electron chi connectivity index (χ4n) is 3.55. The summed E-state index contributed by atoms with van der Waals surface area (Å²) >= 11 is 0. The number of para-hydroxylation sites is 1. The van der Waals surface area contributed by atoms with Crippen LogP contribution < -0.4 is 0 Å². The highest BCUT2D eigenvalue weighted by Gasteiger charge is 2.27. The summed E-state index contributed by atoms with van der Waals surface area (Å²) in [6.45, 7) is 4.35. The Labute approximate surface area is 120 Å². The Morgan fingerprint density at radius 2 is 2.05 bits per heavy atom. The minimum absolute atomic E-state index is 0.140. The number of aryl methyl sites for hydroxylation is 1. The molecule has 1 N–H and O–H groups in total. The van der Waals surface area contributed by atoms with Gasteiger partial charge in [-0.1, -0.05) is 25.1 Å². The van der Waals surface area contributed by atoms with Crippen molar-refractivity contribution in [1.29, 1.82) is 0 Å². The van der Waals surface area contributed by atoms with Crippen LogP contribution in [0.25, 0.3) is 10.9 Å². The average molecular weight is 269 g/mol. The summed E-state index contributed by atoms with van der Waals surface area (Å²) in [7, 11) is 0. The van der Waals surface area contributed by atoms with Gasteiger partial charge in [0.2, 0.25) is 0 Å². The van der Waals surface area contributed by atoms with E-state index in [9.17, 15) is 5.11 Å². The topological polar surface area (TPSA) is 33.1 Å². The Kier molecular flexibility index (Phi) is 3.75. The maximum atomic E-state index is 10.3. The van der Waals surface area contributed by atoms with Gasteiger partial charge < -0.3 is 5.11 Å². The van der Waals surface area contributed by atoms with E-state index in [1.54, 1.807) is 0 Å². The molecule has 2 aromatic rings. The van der Waals surface area contributed by atoms with Gasteiger partial charge in [-0.3, -0.25) is 4.98 Å². The van der Waals surface area contributed by atoms with Crippen LogP contribution in [-0.4, -0.2) is 16.2 Å². The van der Waals surface area contributed by atoms with Gasteiger partial charge in [0.25, 0.3) is 0 Å². The maximum absolute atomic E-state index is 10.3. The molecule has 1 heterocycles. The van der Waals surface area contributed by atoms with E-state index in [0.29, 0.717) is 5.92 Å².